The van der Waals surface area contributed by atoms with Crippen molar-refractivity contribution in [2.24, 2.45) is 5.92 Å². The number of rotatable bonds is 6. The Morgan fingerprint density at radius 2 is 1.91 bits per heavy atom. The van der Waals surface area contributed by atoms with Gasteiger partial charge in [-0.05, 0) is 54.3 Å². The SMILES string of the molecule is COc1ccc(-c2ccc(C(CC(C)C)n3ccnc3)s2)cc1. The molecule has 1 aromatic carbocycles. The van der Waals surface area contributed by atoms with E-state index in [4.69, 9.17) is 4.74 Å². The van der Waals surface area contributed by atoms with Crippen LogP contribution in [0.5, 0.6) is 5.75 Å². The summed E-state index contributed by atoms with van der Waals surface area (Å²) in [6.45, 7) is 4.53. The molecule has 0 bridgehead atoms. The molecule has 0 amide bonds. The predicted molar refractivity (Wildman–Crippen MR) is 96.1 cm³/mol. The van der Waals surface area contributed by atoms with Crippen LogP contribution in [0.2, 0.25) is 0 Å². The van der Waals surface area contributed by atoms with E-state index in [9.17, 15) is 0 Å². The Hall–Kier alpha value is -2.07. The van der Waals surface area contributed by atoms with Crippen molar-refractivity contribution in [3.05, 3.63) is 60.0 Å². The van der Waals surface area contributed by atoms with Crippen molar-refractivity contribution in [3.63, 3.8) is 0 Å². The summed E-state index contributed by atoms with van der Waals surface area (Å²) in [6, 6.07) is 13.1. The summed E-state index contributed by atoms with van der Waals surface area (Å²) < 4.78 is 7.45. The Kier molecular flexibility index (Phi) is 4.82. The molecule has 2 aromatic heterocycles. The number of aromatic nitrogens is 2. The molecule has 0 aliphatic heterocycles. The summed E-state index contributed by atoms with van der Waals surface area (Å²) in [5.41, 5.74) is 1.23. The highest BCUT2D eigenvalue weighted by Gasteiger charge is 2.17. The predicted octanol–water partition coefficient (Wildman–Crippen LogP) is 5.26. The van der Waals surface area contributed by atoms with Crippen LogP contribution >= 0.6 is 11.3 Å². The standard InChI is InChI=1S/C19H22N2OS/c1-14(2)12-17(21-11-10-20-13-21)19-9-8-18(23-19)15-4-6-16(22-3)7-5-15/h4-11,13-14,17H,12H2,1-3H3. The molecule has 3 aromatic rings. The van der Waals surface area contributed by atoms with Crippen molar-refractivity contribution >= 4 is 11.3 Å². The molecule has 23 heavy (non-hydrogen) atoms. The first-order valence-electron chi connectivity index (χ1n) is 7.89. The van der Waals surface area contributed by atoms with Crippen LogP contribution < -0.4 is 4.74 Å². The molecule has 4 heteroatoms. The number of nitrogens with zero attached hydrogens (tertiary/aromatic N) is 2. The number of hydrogen-bond acceptors (Lipinski definition) is 3. The van der Waals surface area contributed by atoms with E-state index in [1.54, 1.807) is 7.11 Å². The first-order chi connectivity index (χ1) is 11.2. The first kappa shape index (κ1) is 15.8. The van der Waals surface area contributed by atoms with Gasteiger partial charge in [-0.2, -0.15) is 0 Å². The lowest BCUT2D eigenvalue weighted by atomic mass is 10.0. The van der Waals surface area contributed by atoms with E-state index in [2.05, 4.69) is 53.9 Å². The van der Waals surface area contributed by atoms with Crippen LogP contribution in [0.15, 0.2) is 55.1 Å². The normalized spacial score (nSPS) is 12.5. The third-order valence-electron chi connectivity index (χ3n) is 3.91. The number of hydrogen-bond donors (Lipinski definition) is 0. The zero-order valence-electron chi connectivity index (χ0n) is 13.8. The van der Waals surface area contributed by atoms with Crippen LogP contribution in [-0.4, -0.2) is 16.7 Å². The van der Waals surface area contributed by atoms with Crippen LogP contribution in [0.1, 0.15) is 31.2 Å². The van der Waals surface area contributed by atoms with Gasteiger partial charge in [0.05, 0.1) is 19.5 Å². The van der Waals surface area contributed by atoms with Gasteiger partial charge in [0, 0.05) is 22.1 Å². The smallest absolute Gasteiger partial charge is 0.118 e. The van der Waals surface area contributed by atoms with Crippen molar-refractivity contribution in [1.82, 2.24) is 9.55 Å². The molecule has 0 saturated carbocycles. The second kappa shape index (κ2) is 7.01. The largest absolute Gasteiger partial charge is 0.497 e. The molecule has 1 unspecified atom stereocenters. The van der Waals surface area contributed by atoms with Crippen LogP contribution in [0.4, 0.5) is 0 Å². The van der Waals surface area contributed by atoms with Crippen LogP contribution in [0.25, 0.3) is 10.4 Å². The summed E-state index contributed by atoms with van der Waals surface area (Å²) >= 11 is 1.86. The van der Waals surface area contributed by atoms with Gasteiger partial charge in [0.25, 0.3) is 0 Å². The number of imidazole rings is 1. The summed E-state index contributed by atoms with van der Waals surface area (Å²) in [5, 5.41) is 0. The molecule has 3 nitrogen and oxygen atoms in total. The molecule has 3 rings (SSSR count). The van der Waals surface area contributed by atoms with E-state index in [0.29, 0.717) is 12.0 Å². The fourth-order valence-electron chi connectivity index (χ4n) is 2.73. The van der Waals surface area contributed by atoms with Crippen molar-refractivity contribution in [3.8, 4) is 16.2 Å². The molecule has 0 saturated heterocycles. The summed E-state index contributed by atoms with van der Waals surface area (Å²) in [4.78, 5) is 6.88. The lowest BCUT2D eigenvalue weighted by Crippen LogP contribution is -2.10. The van der Waals surface area contributed by atoms with Crippen molar-refractivity contribution in [2.75, 3.05) is 7.11 Å². The van der Waals surface area contributed by atoms with E-state index in [1.165, 1.54) is 15.3 Å². The molecule has 0 fully saturated rings. The molecular formula is C19H22N2OS. The number of methoxy groups -OCH3 is 1. The molecule has 0 aliphatic carbocycles. The average molecular weight is 326 g/mol. The van der Waals surface area contributed by atoms with E-state index >= 15 is 0 Å². The van der Waals surface area contributed by atoms with E-state index in [1.807, 2.05) is 36.0 Å². The molecule has 1 atom stereocenters. The molecule has 2 heterocycles. The second-order valence-corrected chi connectivity index (χ2v) is 7.20. The van der Waals surface area contributed by atoms with Crippen molar-refractivity contribution in [1.29, 1.82) is 0 Å². The quantitative estimate of drug-likeness (QED) is 0.618. The van der Waals surface area contributed by atoms with Crippen molar-refractivity contribution in [2.45, 2.75) is 26.3 Å². The highest BCUT2D eigenvalue weighted by molar-refractivity contribution is 7.15. The van der Waals surface area contributed by atoms with Gasteiger partial charge in [0.1, 0.15) is 5.75 Å². The van der Waals surface area contributed by atoms with Gasteiger partial charge >= 0.3 is 0 Å². The van der Waals surface area contributed by atoms with Crippen molar-refractivity contribution < 1.29 is 4.74 Å². The van der Waals surface area contributed by atoms with Gasteiger partial charge in [0.15, 0.2) is 0 Å². The highest BCUT2D eigenvalue weighted by Crippen LogP contribution is 2.36. The van der Waals surface area contributed by atoms with Gasteiger partial charge in [-0.25, -0.2) is 4.98 Å². The van der Waals surface area contributed by atoms with E-state index < -0.39 is 0 Å². The Morgan fingerprint density at radius 3 is 2.52 bits per heavy atom. The summed E-state index contributed by atoms with van der Waals surface area (Å²) in [7, 11) is 1.69. The minimum absolute atomic E-state index is 0.356. The maximum absolute atomic E-state index is 5.23. The van der Waals surface area contributed by atoms with Crippen LogP contribution in [-0.2, 0) is 0 Å². The third-order valence-corrected chi connectivity index (χ3v) is 5.14. The van der Waals surface area contributed by atoms with Gasteiger partial charge < -0.3 is 9.30 Å². The summed E-state index contributed by atoms with van der Waals surface area (Å²) in [5.74, 6) is 1.52. The maximum Gasteiger partial charge on any atom is 0.118 e. The zero-order valence-corrected chi connectivity index (χ0v) is 14.6. The minimum atomic E-state index is 0.356. The van der Waals surface area contributed by atoms with Gasteiger partial charge in [-0.15, -0.1) is 11.3 Å². The first-order valence-corrected chi connectivity index (χ1v) is 8.70. The summed E-state index contributed by atoms with van der Waals surface area (Å²) in [6.07, 6.45) is 6.93. The monoisotopic (exact) mass is 326 g/mol. The third kappa shape index (κ3) is 3.64. The lowest BCUT2D eigenvalue weighted by molar-refractivity contribution is 0.415. The van der Waals surface area contributed by atoms with Gasteiger partial charge in [0.2, 0.25) is 0 Å². The molecule has 0 aliphatic rings. The Bertz CT molecular complexity index is 729. The zero-order chi connectivity index (χ0) is 16.2. The Labute approximate surface area is 141 Å². The highest BCUT2D eigenvalue weighted by atomic mass is 32.1. The second-order valence-electron chi connectivity index (χ2n) is 6.09. The fourth-order valence-corrected chi connectivity index (χ4v) is 3.86. The molecule has 120 valence electrons. The van der Waals surface area contributed by atoms with Crippen LogP contribution in [0, 0.1) is 5.92 Å². The maximum atomic E-state index is 5.23. The molecular weight excluding hydrogens is 304 g/mol. The van der Waals surface area contributed by atoms with E-state index in [-0.39, 0.29) is 0 Å². The Morgan fingerprint density at radius 1 is 1.13 bits per heavy atom. The Balaban J connectivity index is 1.88. The average Bonchev–Trinajstić information content (AvgIpc) is 3.24. The number of ether oxygens (including phenoxy) is 1. The molecule has 0 N–H and O–H groups in total. The van der Waals surface area contributed by atoms with Crippen LogP contribution in [0.3, 0.4) is 0 Å². The number of thiophene rings is 1. The topological polar surface area (TPSA) is 27.1 Å². The molecule has 0 spiro atoms. The fraction of sp³-hybridized carbons (Fsp3) is 0.316. The number of benzene rings is 1. The lowest BCUT2D eigenvalue weighted by Gasteiger charge is -2.19. The minimum Gasteiger partial charge on any atom is -0.497 e. The van der Waals surface area contributed by atoms with Gasteiger partial charge in [-0.3, -0.25) is 0 Å². The van der Waals surface area contributed by atoms with Gasteiger partial charge in [-0.1, -0.05) is 13.8 Å². The molecule has 0 radical (unpaired) electrons. The van der Waals surface area contributed by atoms with E-state index in [0.717, 1.165) is 12.2 Å².